The summed E-state index contributed by atoms with van der Waals surface area (Å²) in [6.07, 6.45) is 2.13. The zero-order valence-electron chi connectivity index (χ0n) is 19.4. The van der Waals surface area contributed by atoms with Gasteiger partial charge in [0.2, 0.25) is 0 Å². The first-order valence-corrected chi connectivity index (χ1v) is 11.9. The molecule has 2 aromatic heterocycles. The van der Waals surface area contributed by atoms with Crippen molar-refractivity contribution in [1.82, 2.24) is 9.55 Å². The summed E-state index contributed by atoms with van der Waals surface area (Å²) < 4.78 is 2.12. The third kappa shape index (κ3) is 3.39. The molecule has 0 saturated heterocycles. The number of nitrogens with one attached hydrogen (secondary N) is 1. The van der Waals surface area contributed by atoms with Crippen LogP contribution in [0, 0.1) is 0 Å². The molecule has 0 aliphatic heterocycles. The molecule has 5 heteroatoms. The van der Waals surface area contributed by atoms with Gasteiger partial charge in [-0.25, -0.2) is 0 Å². The van der Waals surface area contributed by atoms with Gasteiger partial charge < -0.3 is 14.5 Å². The number of nitrogens with zero attached hydrogens (tertiary/aromatic N) is 2. The van der Waals surface area contributed by atoms with Crippen LogP contribution >= 0.6 is 0 Å². The smallest absolute Gasteiger partial charge is 0.197 e. The van der Waals surface area contributed by atoms with Crippen LogP contribution in [-0.4, -0.2) is 22.6 Å². The Morgan fingerprint density at radius 1 is 0.727 bits per heavy atom. The number of hydrogen-bond acceptors (Lipinski definition) is 3. The summed E-state index contributed by atoms with van der Waals surface area (Å²) in [5.74, 6) is 0. The van der Waals surface area contributed by atoms with Crippen molar-refractivity contribution < 1.29 is 0 Å². The highest BCUT2D eigenvalue weighted by Gasteiger charge is 2.14. The second-order valence-electron chi connectivity index (χ2n) is 8.68. The maximum absolute atomic E-state index is 13.5. The van der Waals surface area contributed by atoms with Crippen LogP contribution in [-0.2, 0) is 6.54 Å². The van der Waals surface area contributed by atoms with Crippen LogP contribution in [0.4, 0.5) is 5.69 Å². The lowest BCUT2D eigenvalue weighted by Crippen LogP contribution is -2.24. The number of benzene rings is 3. The van der Waals surface area contributed by atoms with Gasteiger partial charge in [0, 0.05) is 46.9 Å². The van der Waals surface area contributed by atoms with E-state index in [1.807, 2.05) is 48.5 Å². The van der Waals surface area contributed by atoms with E-state index in [1.165, 1.54) is 0 Å². The fourth-order valence-corrected chi connectivity index (χ4v) is 5.03. The Labute approximate surface area is 192 Å². The van der Waals surface area contributed by atoms with Gasteiger partial charge in [0.05, 0.1) is 22.1 Å². The Morgan fingerprint density at radius 3 is 2.15 bits per heavy atom. The highest BCUT2D eigenvalue weighted by molar-refractivity contribution is 6.03. The molecule has 33 heavy (non-hydrogen) atoms. The van der Waals surface area contributed by atoms with E-state index in [0.717, 1.165) is 48.2 Å². The van der Waals surface area contributed by atoms with E-state index < -0.39 is 0 Å². The molecule has 1 N–H and O–H groups in total. The molecule has 5 aromatic rings. The van der Waals surface area contributed by atoms with Crippen molar-refractivity contribution in [3.8, 4) is 0 Å². The van der Waals surface area contributed by atoms with Gasteiger partial charge >= 0.3 is 0 Å². The lowest BCUT2D eigenvalue weighted by atomic mass is 10.0. The molecule has 0 aliphatic carbocycles. The molecule has 0 amide bonds. The van der Waals surface area contributed by atoms with E-state index in [9.17, 15) is 9.59 Å². The van der Waals surface area contributed by atoms with E-state index in [4.69, 9.17) is 0 Å². The summed E-state index contributed by atoms with van der Waals surface area (Å²) in [7, 11) is 0. The van der Waals surface area contributed by atoms with Gasteiger partial charge in [-0.1, -0.05) is 26.0 Å². The standard InChI is InChI=1S/C28H29N3O2/c1-4-13-30(14-5-2)18-11-12-19-23(15-18)29-24-16-22-26(17-21(24)27(19)32)31(6-3)25-10-8-7-9-20(25)28(22)33/h7-12,15-17H,4-6,13-14H2,1-3H3,(H,29,32). The van der Waals surface area contributed by atoms with Crippen LogP contribution in [0.2, 0.25) is 0 Å². The first-order chi connectivity index (χ1) is 16.1. The number of rotatable bonds is 6. The Kier molecular flexibility index (Phi) is 5.41. The van der Waals surface area contributed by atoms with E-state index in [-0.39, 0.29) is 10.9 Å². The van der Waals surface area contributed by atoms with Crippen molar-refractivity contribution in [1.29, 1.82) is 0 Å². The van der Waals surface area contributed by atoms with E-state index >= 15 is 0 Å². The van der Waals surface area contributed by atoms with Crippen LogP contribution in [0.25, 0.3) is 43.6 Å². The molecule has 0 radical (unpaired) electrons. The molecule has 5 rings (SSSR count). The third-order valence-electron chi connectivity index (χ3n) is 6.54. The molecule has 3 aromatic carbocycles. The second-order valence-corrected chi connectivity index (χ2v) is 8.68. The average molecular weight is 440 g/mol. The molecule has 0 aliphatic rings. The number of aromatic nitrogens is 2. The molecule has 0 unspecified atom stereocenters. The average Bonchev–Trinajstić information content (AvgIpc) is 2.83. The molecule has 0 atom stereocenters. The number of aromatic amines is 1. The molecule has 0 bridgehead atoms. The summed E-state index contributed by atoms with van der Waals surface area (Å²) in [6.45, 7) is 9.08. The lowest BCUT2D eigenvalue weighted by Gasteiger charge is -2.24. The fraction of sp³-hybridized carbons (Fsp3) is 0.286. The second kappa shape index (κ2) is 8.39. The molecule has 0 saturated carbocycles. The molecule has 5 nitrogen and oxygen atoms in total. The van der Waals surface area contributed by atoms with Gasteiger partial charge in [0.25, 0.3) is 0 Å². The maximum Gasteiger partial charge on any atom is 0.197 e. The van der Waals surface area contributed by atoms with E-state index in [1.54, 1.807) is 0 Å². The Morgan fingerprint density at radius 2 is 1.42 bits per heavy atom. The summed E-state index contributed by atoms with van der Waals surface area (Å²) >= 11 is 0. The highest BCUT2D eigenvalue weighted by Crippen LogP contribution is 2.26. The molecule has 0 spiro atoms. The van der Waals surface area contributed by atoms with Gasteiger partial charge in [-0.2, -0.15) is 0 Å². The predicted octanol–water partition coefficient (Wildman–Crippen LogP) is 5.80. The number of aryl methyl sites for hydroxylation is 1. The van der Waals surface area contributed by atoms with Crippen LogP contribution in [0.15, 0.2) is 64.2 Å². The number of fused-ring (bicyclic) bond motifs is 4. The summed E-state index contributed by atoms with van der Waals surface area (Å²) in [5, 5.41) is 2.61. The molecular weight excluding hydrogens is 410 g/mol. The van der Waals surface area contributed by atoms with Crippen LogP contribution < -0.4 is 15.8 Å². The first kappa shape index (κ1) is 21.3. The fourth-order valence-electron chi connectivity index (χ4n) is 5.03. The minimum Gasteiger partial charge on any atom is -0.371 e. The minimum absolute atomic E-state index is 0.000960. The Hall–Kier alpha value is -3.60. The number of hydrogen-bond donors (Lipinski definition) is 1. The molecular formula is C28H29N3O2. The molecule has 168 valence electrons. The van der Waals surface area contributed by atoms with E-state index in [0.29, 0.717) is 33.6 Å². The number of anilines is 1. The lowest BCUT2D eigenvalue weighted by molar-refractivity contribution is 0.745. The zero-order chi connectivity index (χ0) is 23.1. The van der Waals surface area contributed by atoms with Crippen LogP contribution in [0.3, 0.4) is 0 Å². The number of pyridine rings is 2. The third-order valence-corrected chi connectivity index (χ3v) is 6.54. The number of H-pyrrole nitrogens is 1. The van der Waals surface area contributed by atoms with Crippen molar-refractivity contribution in [2.75, 3.05) is 18.0 Å². The van der Waals surface area contributed by atoms with E-state index in [2.05, 4.69) is 41.3 Å². The van der Waals surface area contributed by atoms with Gasteiger partial charge in [-0.15, -0.1) is 0 Å². The van der Waals surface area contributed by atoms with Gasteiger partial charge in [0.15, 0.2) is 10.9 Å². The van der Waals surface area contributed by atoms with Gasteiger partial charge in [0.1, 0.15) is 0 Å². The molecule has 2 heterocycles. The van der Waals surface area contributed by atoms with Gasteiger partial charge in [-0.3, -0.25) is 9.59 Å². The SMILES string of the molecule is CCCN(CCC)c1ccc2c(=O)c3cc4c(cc3[nH]c2c1)c(=O)c1ccccc1n4CC. The van der Waals surface area contributed by atoms with Crippen LogP contribution in [0.5, 0.6) is 0 Å². The maximum atomic E-state index is 13.5. The predicted molar refractivity (Wildman–Crippen MR) is 140 cm³/mol. The number of para-hydroxylation sites is 1. The van der Waals surface area contributed by atoms with Crippen molar-refractivity contribution in [3.05, 3.63) is 75.0 Å². The van der Waals surface area contributed by atoms with Crippen molar-refractivity contribution in [3.63, 3.8) is 0 Å². The Balaban J connectivity index is 1.83. The van der Waals surface area contributed by atoms with Crippen LogP contribution in [0.1, 0.15) is 33.6 Å². The highest BCUT2D eigenvalue weighted by atomic mass is 16.1. The largest absolute Gasteiger partial charge is 0.371 e. The van der Waals surface area contributed by atoms with Crippen molar-refractivity contribution in [2.45, 2.75) is 40.2 Å². The summed E-state index contributed by atoms with van der Waals surface area (Å²) in [6, 6.07) is 17.5. The topological polar surface area (TPSA) is 58.1 Å². The van der Waals surface area contributed by atoms with Crippen molar-refractivity contribution >= 4 is 49.3 Å². The summed E-state index contributed by atoms with van der Waals surface area (Å²) in [5.41, 5.74) is 4.30. The Bertz CT molecular complexity index is 1620. The summed E-state index contributed by atoms with van der Waals surface area (Å²) in [4.78, 5) is 32.6. The normalized spacial score (nSPS) is 11.7. The monoisotopic (exact) mass is 439 g/mol. The zero-order valence-corrected chi connectivity index (χ0v) is 19.4. The first-order valence-electron chi connectivity index (χ1n) is 11.9. The van der Waals surface area contributed by atoms with Gasteiger partial charge in [-0.05, 0) is 62.2 Å². The van der Waals surface area contributed by atoms with Crippen molar-refractivity contribution in [2.24, 2.45) is 0 Å². The molecule has 0 fully saturated rings. The quantitative estimate of drug-likeness (QED) is 0.340. The minimum atomic E-state index is -0.00649.